The average molecular weight is 356 g/mol. The highest BCUT2D eigenvalue weighted by molar-refractivity contribution is 5.92. The number of aryl methyl sites for hydroxylation is 1. The molecule has 1 aromatic carbocycles. The predicted octanol–water partition coefficient (Wildman–Crippen LogP) is 1.40. The van der Waals surface area contributed by atoms with Crippen molar-refractivity contribution in [1.82, 2.24) is 29.9 Å². The van der Waals surface area contributed by atoms with E-state index in [4.69, 9.17) is 9.47 Å². The molecule has 2 aromatic heterocycles. The Hall–Kier alpha value is -3.36. The molecule has 0 bridgehead atoms. The van der Waals surface area contributed by atoms with Gasteiger partial charge < -0.3 is 18.9 Å². The van der Waals surface area contributed by atoms with Crippen LogP contribution in [0.3, 0.4) is 0 Å². The summed E-state index contributed by atoms with van der Waals surface area (Å²) in [5, 5.41) is 14.7. The summed E-state index contributed by atoms with van der Waals surface area (Å²) in [6.07, 6.45) is 1.59. The highest BCUT2D eigenvalue weighted by Crippen LogP contribution is 2.26. The maximum Gasteiger partial charge on any atom is 0.274 e. The number of amides is 1. The van der Waals surface area contributed by atoms with Crippen molar-refractivity contribution >= 4 is 5.91 Å². The first kappa shape index (κ1) is 17.5. The summed E-state index contributed by atoms with van der Waals surface area (Å²) in [6, 6.07) is 9.03. The van der Waals surface area contributed by atoms with Gasteiger partial charge in [0.1, 0.15) is 12.9 Å². The van der Waals surface area contributed by atoms with Crippen LogP contribution in [0.1, 0.15) is 22.0 Å². The second-order valence-corrected chi connectivity index (χ2v) is 5.74. The molecule has 9 heteroatoms. The van der Waals surface area contributed by atoms with Crippen LogP contribution in [-0.4, -0.2) is 49.9 Å². The van der Waals surface area contributed by atoms with Crippen LogP contribution >= 0.6 is 0 Å². The van der Waals surface area contributed by atoms with Gasteiger partial charge in [0.25, 0.3) is 5.91 Å². The monoisotopic (exact) mass is 356 g/mol. The largest absolute Gasteiger partial charge is 0.493 e. The van der Waals surface area contributed by atoms with Crippen molar-refractivity contribution < 1.29 is 14.3 Å². The number of nitrogens with one attached hydrogen (secondary N) is 1. The quantitative estimate of drug-likeness (QED) is 0.687. The number of aromatic amines is 1. The van der Waals surface area contributed by atoms with E-state index >= 15 is 0 Å². The van der Waals surface area contributed by atoms with Crippen LogP contribution in [0.5, 0.6) is 11.5 Å². The molecule has 3 rings (SSSR count). The molecule has 0 aliphatic rings. The third-order valence-electron chi connectivity index (χ3n) is 3.83. The van der Waals surface area contributed by atoms with E-state index in [0.29, 0.717) is 35.3 Å². The maximum atomic E-state index is 12.5. The summed E-state index contributed by atoms with van der Waals surface area (Å²) in [7, 11) is 5.11. The topological polar surface area (TPSA) is 98.2 Å². The number of aromatic nitrogens is 5. The molecule has 0 spiro atoms. The maximum absolute atomic E-state index is 12.5. The molecule has 9 nitrogen and oxygen atoms in total. The van der Waals surface area contributed by atoms with Crippen molar-refractivity contribution in [3.8, 4) is 11.5 Å². The average Bonchev–Trinajstić information content (AvgIpc) is 3.29. The van der Waals surface area contributed by atoms with Gasteiger partial charge in [0.2, 0.25) is 0 Å². The molecular weight excluding hydrogens is 336 g/mol. The fourth-order valence-electron chi connectivity index (χ4n) is 2.37. The first-order valence-electron chi connectivity index (χ1n) is 7.97. The lowest BCUT2D eigenvalue weighted by Crippen LogP contribution is -2.27. The number of rotatable bonds is 7. The minimum Gasteiger partial charge on any atom is -0.493 e. The van der Waals surface area contributed by atoms with Gasteiger partial charge in [-0.1, -0.05) is 12.1 Å². The van der Waals surface area contributed by atoms with E-state index in [1.807, 2.05) is 31.3 Å². The number of para-hydroxylation sites is 2. The number of benzene rings is 1. The van der Waals surface area contributed by atoms with Gasteiger partial charge in [-0.25, -0.2) is 0 Å². The van der Waals surface area contributed by atoms with Gasteiger partial charge in [0.05, 0.1) is 19.3 Å². The van der Waals surface area contributed by atoms with Crippen LogP contribution in [0.4, 0.5) is 0 Å². The highest BCUT2D eigenvalue weighted by atomic mass is 16.5. The molecule has 0 atom stereocenters. The van der Waals surface area contributed by atoms with Crippen LogP contribution < -0.4 is 9.47 Å². The molecular formula is C17H20N6O3. The van der Waals surface area contributed by atoms with E-state index < -0.39 is 0 Å². The molecule has 0 radical (unpaired) electrons. The summed E-state index contributed by atoms with van der Waals surface area (Å²) >= 11 is 0. The van der Waals surface area contributed by atoms with Crippen LogP contribution in [-0.2, 0) is 20.2 Å². The number of methoxy groups -OCH3 is 1. The molecule has 0 unspecified atom stereocenters. The van der Waals surface area contributed by atoms with Gasteiger partial charge in [-0.3, -0.25) is 9.89 Å². The fourth-order valence-corrected chi connectivity index (χ4v) is 2.37. The molecule has 26 heavy (non-hydrogen) atoms. The Balaban J connectivity index is 1.62. The lowest BCUT2D eigenvalue weighted by molar-refractivity contribution is 0.0774. The van der Waals surface area contributed by atoms with Crippen molar-refractivity contribution in [2.75, 3.05) is 14.2 Å². The van der Waals surface area contributed by atoms with Gasteiger partial charge in [-0.2, -0.15) is 5.10 Å². The highest BCUT2D eigenvalue weighted by Gasteiger charge is 2.17. The van der Waals surface area contributed by atoms with Crippen molar-refractivity contribution in [3.63, 3.8) is 0 Å². The zero-order valence-electron chi connectivity index (χ0n) is 14.8. The summed E-state index contributed by atoms with van der Waals surface area (Å²) in [4.78, 5) is 14.0. The van der Waals surface area contributed by atoms with Gasteiger partial charge in [0, 0.05) is 14.1 Å². The van der Waals surface area contributed by atoms with Crippen molar-refractivity contribution in [3.05, 3.63) is 53.9 Å². The lowest BCUT2D eigenvalue weighted by atomic mass is 10.3. The Morgan fingerprint density at radius 1 is 1.31 bits per heavy atom. The Labute approximate surface area is 150 Å². The number of hydrogen-bond acceptors (Lipinski definition) is 6. The molecule has 2 heterocycles. The zero-order valence-corrected chi connectivity index (χ0v) is 14.8. The van der Waals surface area contributed by atoms with E-state index in [-0.39, 0.29) is 12.5 Å². The molecule has 1 amide bonds. The molecule has 0 saturated heterocycles. The van der Waals surface area contributed by atoms with Gasteiger partial charge in [-0.15, -0.1) is 10.2 Å². The smallest absolute Gasteiger partial charge is 0.274 e. The van der Waals surface area contributed by atoms with Crippen LogP contribution in [0.15, 0.2) is 36.7 Å². The number of ether oxygens (including phenoxy) is 2. The van der Waals surface area contributed by atoms with Crippen molar-refractivity contribution in [2.24, 2.45) is 7.05 Å². The van der Waals surface area contributed by atoms with Gasteiger partial charge >= 0.3 is 0 Å². The first-order chi connectivity index (χ1) is 12.6. The van der Waals surface area contributed by atoms with Gasteiger partial charge in [0.15, 0.2) is 23.0 Å². The second kappa shape index (κ2) is 7.68. The van der Waals surface area contributed by atoms with Crippen LogP contribution in [0.25, 0.3) is 0 Å². The van der Waals surface area contributed by atoms with E-state index in [2.05, 4.69) is 20.4 Å². The summed E-state index contributed by atoms with van der Waals surface area (Å²) < 4.78 is 12.7. The van der Waals surface area contributed by atoms with E-state index in [0.717, 1.165) is 0 Å². The second-order valence-electron chi connectivity index (χ2n) is 5.74. The minimum absolute atomic E-state index is 0.215. The Morgan fingerprint density at radius 3 is 2.77 bits per heavy atom. The minimum atomic E-state index is -0.215. The number of carbonyl (C=O) groups is 1. The fraction of sp³-hybridized carbons (Fsp3) is 0.294. The predicted molar refractivity (Wildman–Crippen MR) is 92.7 cm³/mol. The molecule has 0 saturated carbocycles. The third kappa shape index (κ3) is 3.82. The zero-order chi connectivity index (χ0) is 18.5. The summed E-state index contributed by atoms with van der Waals surface area (Å²) in [5.41, 5.74) is 1.000. The Bertz CT molecular complexity index is 888. The van der Waals surface area contributed by atoms with Crippen molar-refractivity contribution in [2.45, 2.75) is 13.2 Å². The molecule has 0 aliphatic heterocycles. The molecule has 136 valence electrons. The summed E-state index contributed by atoms with van der Waals surface area (Å²) in [5.74, 6) is 1.74. The SMILES string of the molecule is COc1ccccc1OCc1cc(C(=O)N(C)Cc2nncn2C)n[nH]1. The van der Waals surface area contributed by atoms with E-state index in [1.54, 1.807) is 31.1 Å². The summed E-state index contributed by atoms with van der Waals surface area (Å²) in [6.45, 7) is 0.586. The Kier molecular flexibility index (Phi) is 5.16. The molecule has 3 aromatic rings. The lowest BCUT2D eigenvalue weighted by Gasteiger charge is -2.14. The van der Waals surface area contributed by atoms with Gasteiger partial charge in [-0.05, 0) is 18.2 Å². The molecule has 0 fully saturated rings. The van der Waals surface area contributed by atoms with E-state index in [1.165, 1.54) is 4.90 Å². The van der Waals surface area contributed by atoms with Crippen LogP contribution in [0.2, 0.25) is 0 Å². The third-order valence-corrected chi connectivity index (χ3v) is 3.83. The van der Waals surface area contributed by atoms with Crippen LogP contribution in [0, 0.1) is 0 Å². The first-order valence-corrected chi connectivity index (χ1v) is 7.97. The number of hydrogen-bond donors (Lipinski definition) is 1. The standard InChI is InChI=1S/C17H20N6O3/c1-22(9-16-21-18-11-23(16)2)17(24)13-8-12(19-20-13)10-26-15-7-5-4-6-14(15)25-3/h4-8,11H,9-10H2,1-3H3,(H,19,20). The molecule has 1 N–H and O–H groups in total. The van der Waals surface area contributed by atoms with E-state index in [9.17, 15) is 4.79 Å². The number of nitrogens with zero attached hydrogens (tertiary/aromatic N) is 5. The molecule has 0 aliphatic carbocycles. The van der Waals surface area contributed by atoms with Crippen molar-refractivity contribution in [1.29, 1.82) is 0 Å². The Morgan fingerprint density at radius 2 is 2.08 bits per heavy atom. The normalized spacial score (nSPS) is 10.6. The number of carbonyl (C=O) groups excluding carboxylic acids is 1. The number of H-pyrrole nitrogens is 1.